The highest BCUT2D eigenvalue weighted by Gasteiger charge is 2.06. The molecule has 2 aromatic rings. The second kappa shape index (κ2) is 5.09. The molecule has 2 rings (SSSR count). The van der Waals surface area contributed by atoms with Gasteiger partial charge in [-0.1, -0.05) is 12.1 Å². The predicted octanol–water partition coefficient (Wildman–Crippen LogP) is 2.31. The number of benzene rings is 1. The van der Waals surface area contributed by atoms with Gasteiger partial charge in [-0.15, -0.1) is 0 Å². The van der Waals surface area contributed by atoms with Crippen LogP contribution in [0.25, 0.3) is 10.9 Å². The van der Waals surface area contributed by atoms with Crippen LogP contribution in [0.3, 0.4) is 0 Å². The Balaban J connectivity index is 2.34. The lowest BCUT2D eigenvalue weighted by molar-refractivity contribution is 0.144. The van der Waals surface area contributed by atoms with E-state index in [0.29, 0.717) is 19.1 Å². The molecule has 1 aromatic heterocycles. The van der Waals surface area contributed by atoms with Gasteiger partial charge in [-0.3, -0.25) is 0 Å². The largest absolute Gasteiger partial charge is 0.475 e. The molecule has 0 amide bonds. The Bertz CT molecular complexity index is 490. The van der Waals surface area contributed by atoms with Crippen LogP contribution in [-0.4, -0.2) is 30.3 Å². The fourth-order valence-corrected chi connectivity index (χ4v) is 1.52. The van der Waals surface area contributed by atoms with Crippen molar-refractivity contribution in [2.45, 2.75) is 0 Å². The summed E-state index contributed by atoms with van der Waals surface area (Å²) in [6.07, 6.45) is 0. The second-order valence-corrected chi connectivity index (χ2v) is 3.49. The average molecular weight is 239 g/mol. The van der Waals surface area contributed by atoms with Crippen LogP contribution in [-0.2, 0) is 4.74 Å². The fraction of sp³-hybridized carbons (Fsp3) is 0.273. The lowest BCUT2D eigenvalue weighted by atomic mass is 10.2. The third-order valence-corrected chi connectivity index (χ3v) is 2.24. The van der Waals surface area contributed by atoms with Gasteiger partial charge in [-0.05, 0) is 23.7 Å². The van der Waals surface area contributed by atoms with E-state index in [1.54, 1.807) is 7.11 Å². The summed E-state index contributed by atoms with van der Waals surface area (Å²) in [4.78, 5) is 8.16. The number of hydrogen-bond donors (Lipinski definition) is 0. The molecule has 0 aliphatic rings. The van der Waals surface area contributed by atoms with Gasteiger partial charge in [0, 0.05) is 7.11 Å². The summed E-state index contributed by atoms with van der Waals surface area (Å²) in [6, 6.07) is 7.56. The Morgan fingerprint density at radius 1 is 1.19 bits per heavy atom. The molecule has 0 saturated carbocycles. The highest BCUT2D eigenvalue weighted by atomic mass is 35.5. The van der Waals surface area contributed by atoms with Crippen LogP contribution in [0.5, 0.6) is 5.88 Å². The van der Waals surface area contributed by atoms with E-state index in [1.807, 2.05) is 24.3 Å². The van der Waals surface area contributed by atoms with Gasteiger partial charge in [0.25, 0.3) is 0 Å². The molecule has 0 aliphatic carbocycles. The number of fused-ring (bicyclic) bond motifs is 1. The lowest BCUT2D eigenvalue weighted by Crippen LogP contribution is -2.06. The molecule has 0 saturated heterocycles. The first-order valence-corrected chi connectivity index (χ1v) is 5.23. The first kappa shape index (κ1) is 11.1. The topological polar surface area (TPSA) is 44.2 Å². The molecule has 1 aromatic carbocycles. The van der Waals surface area contributed by atoms with Gasteiger partial charge in [0.15, 0.2) is 0 Å². The number of halogens is 1. The van der Waals surface area contributed by atoms with E-state index in [9.17, 15) is 0 Å². The van der Waals surface area contributed by atoms with Gasteiger partial charge in [-0.25, -0.2) is 4.98 Å². The molecule has 0 unspecified atom stereocenters. The molecule has 0 radical (unpaired) electrons. The van der Waals surface area contributed by atoms with E-state index in [-0.39, 0.29) is 5.28 Å². The van der Waals surface area contributed by atoms with Crippen molar-refractivity contribution in [2.75, 3.05) is 20.3 Å². The molecule has 0 aliphatic heterocycles. The molecular weight excluding hydrogens is 228 g/mol. The summed E-state index contributed by atoms with van der Waals surface area (Å²) in [7, 11) is 1.62. The highest BCUT2D eigenvalue weighted by Crippen LogP contribution is 2.23. The van der Waals surface area contributed by atoms with Crippen molar-refractivity contribution >= 4 is 22.5 Å². The maximum atomic E-state index is 5.80. The SMILES string of the molecule is COCCOc1nc(Cl)nc2ccccc12. The van der Waals surface area contributed by atoms with Gasteiger partial charge in [0.2, 0.25) is 11.2 Å². The number of aromatic nitrogens is 2. The number of methoxy groups -OCH3 is 1. The normalized spacial score (nSPS) is 10.6. The van der Waals surface area contributed by atoms with Crippen LogP contribution < -0.4 is 4.74 Å². The molecule has 0 spiro atoms. The van der Waals surface area contributed by atoms with E-state index < -0.39 is 0 Å². The molecule has 16 heavy (non-hydrogen) atoms. The van der Waals surface area contributed by atoms with Crippen molar-refractivity contribution in [1.29, 1.82) is 0 Å². The lowest BCUT2D eigenvalue weighted by Gasteiger charge is -2.07. The maximum Gasteiger partial charge on any atom is 0.226 e. The Morgan fingerprint density at radius 2 is 2.00 bits per heavy atom. The number of hydrogen-bond acceptors (Lipinski definition) is 4. The van der Waals surface area contributed by atoms with E-state index in [2.05, 4.69) is 9.97 Å². The molecule has 0 bridgehead atoms. The third-order valence-electron chi connectivity index (χ3n) is 2.07. The van der Waals surface area contributed by atoms with Gasteiger partial charge < -0.3 is 9.47 Å². The summed E-state index contributed by atoms with van der Waals surface area (Å²) in [6.45, 7) is 0.948. The Hall–Kier alpha value is -1.39. The minimum absolute atomic E-state index is 0.186. The first-order valence-electron chi connectivity index (χ1n) is 4.85. The molecule has 0 atom stereocenters. The predicted molar refractivity (Wildman–Crippen MR) is 61.9 cm³/mol. The van der Waals surface area contributed by atoms with Crippen molar-refractivity contribution in [3.63, 3.8) is 0 Å². The summed E-state index contributed by atoms with van der Waals surface area (Å²) in [5.74, 6) is 0.493. The molecule has 0 fully saturated rings. The number of nitrogens with zero attached hydrogens (tertiary/aromatic N) is 2. The van der Waals surface area contributed by atoms with Crippen LogP contribution in [0.2, 0.25) is 5.28 Å². The number of para-hydroxylation sites is 1. The minimum Gasteiger partial charge on any atom is -0.475 e. The molecule has 84 valence electrons. The van der Waals surface area contributed by atoms with E-state index in [1.165, 1.54) is 0 Å². The second-order valence-electron chi connectivity index (χ2n) is 3.16. The Morgan fingerprint density at radius 3 is 2.81 bits per heavy atom. The molecule has 5 heteroatoms. The van der Waals surface area contributed by atoms with Crippen LogP contribution in [0.15, 0.2) is 24.3 Å². The highest BCUT2D eigenvalue weighted by molar-refractivity contribution is 6.28. The van der Waals surface area contributed by atoms with Crippen LogP contribution in [0, 0.1) is 0 Å². The summed E-state index contributed by atoms with van der Waals surface area (Å²) < 4.78 is 10.4. The number of rotatable bonds is 4. The first-order chi connectivity index (χ1) is 7.81. The van der Waals surface area contributed by atoms with Crippen molar-refractivity contribution in [3.05, 3.63) is 29.5 Å². The van der Waals surface area contributed by atoms with Crippen LogP contribution in [0.1, 0.15) is 0 Å². The van der Waals surface area contributed by atoms with E-state index in [0.717, 1.165) is 10.9 Å². The zero-order valence-electron chi connectivity index (χ0n) is 8.81. The number of ether oxygens (including phenoxy) is 2. The van der Waals surface area contributed by atoms with Crippen molar-refractivity contribution in [3.8, 4) is 5.88 Å². The van der Waals surface area contributed by atoms with Gasteiger partial charge in [-0.2, -0.15) is 4.98 Å². The van der Waals surface area contributed by atoms with E-state index >= 15 is 0 Å². The molecule has 0 N–H and O–H groups in total. The fourth-order valence-electron chi connectivity index (χ4n) is 1.35. The van der Waals surface area contributed by atoms with Crippen molar-refractivity contribution in [1.82, 2.24) is 9.97 Å². The monoisotopic (exact) mass is 238 g/mol. The molecule has 1 heterocycles. The van der Waals surface area contributed by atoms with Gasteiger partial charge >= 0.3 is 0 Å². The zero-order valence-corrected chi connectivity index (χ0v) is 9.57. The van der Waals surface area contributed by atoms with Gasteiger partial charge in [0.05, 0.1) is 17.5 Å². The molecule has 4 nitrogen and oxygen atoms in total. The summed E-state index contributed by atoms with van der Waals surface area (Å²) in [5.41, 5.74) is 0.773. The Kier molecular flexibility index (Phi) is 3.54. The smallest absolute Gasteiger partial charge is 0.226 e. The van der Waals surface area contributed by atoms with E-state index in [4.69, 9.17) is 21.1 Å². The summed E-state index contributed by atoms with van der Waals surface area (Å²) >= 11 is 5.80. The Labute approximate surface area is 98.2 Å². The quantitative estimate of drug-likeness (QED) is 0.606. The van der Waals surface area contributed by atoms with Crippen molar-refractivity contribution < 1.29 is 9.47 Å². The van der Waals surface area contributed by atoms with Gasteiger partial charge in [0.1, 0.15) is 6.61 Å². The summed E-state index contributed by atoms with van der Waals surface area (Å²) in [5, 5.41) is 1.04. The standard InChI is InChI=1S/C11H11ClN2O2/c1-15-6-7-16-10-8-4-2-3-5-9(8)13-11(12)14-10/h2-5H,6-7H2,1H3. The average Bonchev–Trinajstić information content (AvgIpc) is 2.29. The van der Waals surface area contributed by atoms with Crippen LogP contribution >= 0.6 is 11.6 Å². The third kappa shape index (κ3) is 2.40. The van der Waals surface area contributed by atoms with Crippen molar-refractivity contribution in [2.24, 2.45) is 0 Å². The molecular formula is C11H11ClN2O2. The minimum atomic E-state index is 0.186. The maximum absolute atomic E-state index is 5.80. The zero-order chi connectivity index (χ0) is 11.4. The van der Waals surface area contributed by atoms with Crippen LogP contribution in [0.4, 0.5) is 0 Å².